The van der Waals surface area contributed by atoms with Crippen molar-refractivity contribution in [2.75, 3.05) is 5.32 Å². The first-order chi connectivity index (χ1) is 9.06. The summed E-state index contributed by atoms with van der Waals surface area (Å²) in [7, 11) is 0. The van der Waals surface area contributed by atoms with Crippen molar-refractivity contribution in [3.63, 3.8) is 0 Å². The molecule has 2 rings (SSSR count). The number of amides is 1. The summed E-state index contributed by atoms with van der Waals surface area (Å²) in [5.41, 5.74) is 6.94. The minimum Gasteiger partial charge on any atom is -0.389 e. The van der Waals surface area contributed by atoms with Gasteiger partial charge in [0.2, 0.25) is 5.91 Å². The Bertz CT molecular complexity index is 611. The zero-order valence-electron chi connectivity index (χ0n) is 9.85. The van der Waals surface area contributed by atoms with E-state index in [4.69, 9.17) is 18.0 Å². The number of thiocarbonyl (C=S) groups is 1. The lowest BCUT2D eigenvalue weighted by molar-refractivity contribution is -0.115. The van der Waals surface area contributed by atoms with Gasteiger partial charge in [-0.05, 0) is 29.6 Å². The smallest absolute Gasteiger partial charge is 0.229 e. The molecule has 0 aliphatic rings. The van der Waals surface area contributed by atoms with Crippen LogP contribution in [0.2, 0.25) is 0 Å². The Morgan fingerprint density at radius 1 is 1.42 bits per heavy atom. The number of carbonyl (C=O) groups is 1. The molecule has 0 atom stereocenters. The number of rotatable bonds is 4. The van der Waals surface area contributed by atoms with E-state index in [-0.39, 0.29) is 10.9 Å². The van der Waals surface area contributed by atoms with Gasteiger partial charge >= 0.3 is 0 Å². The molecule has 0 unspecified atom stereocenters. The maximum absolute atomic E-state index is 12.0. The summed E-state index contributed by atoms with van der Waals surface area (Å²) in [6.07, 6.45) is 0.348. The van der Waals surface area contributed by atoms with Crippen LogP contribution in [0.15, 0.2) is 40.2 Å². The second-order valence-electron chi connectivity index (χ2n) is 3.86. The van der Waals surface area contributed by atoms with Gasteiger partial charge in [-0.2, -0.15) is 0 Å². The number of halogens is 1. The van der Waals surface area contributed by atoms with Crippen molar-refractivity contribution in [2.45, 2.75) is 6.42 Å². The standard InChI is InChI=1S/C13H11BrN2OS2/c14-8-3-4-10(13(15)18)11(6-8)16-12(17)7-9-2-1-5-19-9/h1-6H,7H2,(H2,15,18)(H,16,17). The van der Waals surface area contributed by atoms with E-state index in [0.717, 1.165) is 9.35 Å². The van der Waals surface area contributed by atoms with Crippen molar-refractivity contribution >= 4 is 56.1 Å². The fraction of sp³-hybridized carbons (Fsp3) is 0.0769. The number of carbonyl (C=O) groups excluding carboxylic acids is 1. The molecule has 1 heterocycles. The molecule has 0 aliphatic heterocycles. The van der Waals surface area contributed by atoms with Gasteiger partial charge in [0, 0.05) is 14.9 Å². The van der Waals surface area contributed by atoms with Crippen LogP contribution in [0.4, 0.5) is 5.69 Å². The van der Waals surface area contributed by atoms with Gasteiger partial charge in [0.25, 0.3) is 0 Å². The lowest BCUT2D eigenvalue weighted by Gasteiger charge is -2.10. The quantitative estimate of drug-likeness (QED) is 0.828. The zero-order valence-corrected chi connectivity index (χ0v) is 13.1. The maximum atomic E-state index is 12.0. The molecule has 2 aromatic rings. The number of thiophene rings is 1. The van der Waals surface area contributed by atoms with Gasteiger partial charge in [0.05, 0.1) is 12.1 Å². The monoisotopic (exact) mass is 354 g/mol. The first-order valence-corrected chi connectivity index (χ1v) is 7.56. The van der Waals surface area contributed by atoms with E-state index in [2.05, 4.69) is 21.2 Å². The highest BCUT2D eigenvalue weighted by atomic mass is 79.9. The van der Waals surface area contributed by atoms with Gasteiger partial charge in [0.15, 0.2) is 0 Å². The van der Waals surface area contributed by atoms with E-state index >= 15 is 0 Å². The third-order valence-electron chi connectivity index (χ3n) is 2.44. The fourth-order valence-electron chi connectivity index (χ4n) is 1.60. The minimum atomic E-state index is -0.0851. The molecule has 0 fully saturated rings. The van der Waals surface area contributed by atoms with Crippen LogP contribution >= 0.6 is 39.5 Å². The van der Waals surface area contributed by atoms with Crippen molar-refractivity contribution in [3.8, 4) is 0 Å². The van der Waals surface area contributed by atoms with Crippen molar-refractivity contribution in [1.82, 2.24) is 0 Å². The average molecular weight is 355 g/mol. The van der Waals surface area contributed by atoms with E-state index < -0.39 is 0 Å². The third-order valence-corrected chi connectivity index (χ3v) is 4.03. The van der Waals surface area contributed by atoms with Crippen molar-refractivity contribution in [2.24, 2.45) is 5.73 Å². The summed E-state index contributed by atoms with van der Waals surface area (Å²) < 4.78 is 0.860. The second kappa shape index (κ2) is 6.27. The molecule has 19 heavy (non-hydrogen) atoms. The van der Waals surface area contributed by atoms with Crippen LogP contribution in [-0.2, 0) is 11.2 Å². The summed E-state index contributed by atoms with van der Waals surface area (Å²) in [6, 6.07) is 9.27. The summed E-state index contributed by atoms with van der Waals surface area (Å²) >= 11 is 9.89. The van der Waals surface area contributed by atoms with E-state index in [1.54, 1.807) is 23.5 Å². The molecule has 3 nitrogen and oxygen atoms in total. The van der Waals surface area contributed by atoms with Gasteiger partial charge < -0.3 is 11.1 Å². The van der Waals surface area contributed by atoms with Crippen molar-refractivity contribution < 1.29 is 4.79 Å². The maximum Gasteiger partial charge on any atom is 0.229 e. The highest BCUT2D eigenvalue weighted by Crippen LogP contribution is 2.22. The molecule has 0 saturated carbocycles. The molecule has 98 valence electrons. The molecule has 1 aromatic carbocycles. The molecule has 0 aliphatic carbocycles. The minimum absolute atomic E-state index is 0.0851. The molecule has 1 amide bonds. The van der Waals surface area contributed by atoms with Gasteiger partial charge in [-0.1, -0.05) is 34.2 Å². The third kappa shape index (κ3) is 3.86. The number of nitrogens with two attached hydrogens (primary N) is 1. The van der Waals surface area contributed by atoms with E-state index in [0.29, 0.717) is 17.7 Å². The number of anilines is 1. The van der Waals surface area contributed by atoms with Crippen LogP contribution in [0.25, 0.3) is 0 Å². The van der Waals surface area contributed by atoms with Crippen LogP contribution in [0.3, 0.4) is 0 Å². The summed E-state index contributed by atoms with van der Waals surface area (Å²) in [6.45, 7) is 0. The Kier molecular flexibility index (Phi) is 4.68. The highest BCUT2D eigenvalue weighted by Gasteiger charge is 2.10. The molecule has 0 saturated heterocycles. The fourth-order valence-corrected chi connectivity index (χ4v) is 2.84. The predicted octanol–water partition coefficient (Wildman–Crippen LogP) is 3.33. The van der Waals surface area contributed by atoms with Crippen LogP contribution < -0.4 is 11.1 Å². The lowest BCUT2D eigenvalue weighted by atomic mass is 10.1. The largest absolute Gasteiger partial charge is 0.389 e. The van der Waals surface area contributed by atoms with Crippen LogP contribution in [0.5, 0.6) is 0 Å². The topological polar surface area (TPSA) is 55.1 Å². The molecule has 0 spiro atoms. The number of benzene rings is 1. The number of hydrogen-bond donors (Lipinski definition) is 2. The number of nitrogens with one attached hydrogen (secondary N) is 1. The second-order valence-corrected chi connectivity index (χ2v) is 6.25. The lowest BCUT2D eigenvalue weighted by Crippen LogP contribution is -2.18. The van der Waals surface area contributed by atoms with E-state index in [9.17, 15) is 4.79 Å². The SMILES string of the molecule is NC(=S)c1ccc(Br)cc1NC(=O)Cc1cccs1. The molecular formula is C13H11BrN2OS2. The first-order valence-electron chi connectivity index (χ1n) is 5.48. The number of hydrogen-bond acceptors (Lipinski definition) is 3. The van der Waals surface area contributed by atoms with E-state index in [1.165, 1.54) is 0 Å². The summed E-state index contributed by atoms with van der Waals surface area (Å²) in [4.78, 5) is 13.2. The average Bonchev–Trinajstić information content (AvgIpc) is 2.81. The van der Waals surface area contributed by atoms with Gasteiger partial charge in [-0.15, -0.1) is 11.3 Å². The molecule has 3 N–H and O–H groups in total. The van der Waals surface area contributed by atoms with Crippen LogP contribution in [-0.4, -0.2) is 10.9 Å². The van der Waals surface area contributed by atoms with Crippen molar-refractivity contribution in [1.29, 1.82) is 0 Å². The predicted molar refractivity (Wildman–Crippen MR) is 86.7 cm³/mol. The Morgan fingerprint density at radius 2 is 2.21 bits per heavy atom. The Hall–Kier alpha value is -1.24. The molecule has 0 radical (unpaired) electrons. The van der Waals surface area contributed by atoms with Crippen LogP contribution in [0.1, 0.15) is 10.4 Å². The Balaban J connectivity index is 2.16. The summed E-state index contributed by atoms with van der Waals surface area (Å²) in [5, 5.41) is 4.79. The Morgan fingerprint density at radius 3 is 2.84 bits per heavy atom. The molecule has 0 bridgehead atoms. The van der Waals surface area contributed by atoms with Gasteiger partial charge in [-0.3, -0.25) is 4.79 Å². The highest BCUT2D eigenvalue weighted by molar-refractivity contribution is 9.10. The van der Waals surface area contributed by atoms with Crippen molar-refractivity contribution in [3.05, 3.63) is 50.6 Å². The molecule has 1 aromatic heterocycles. The Labute approximate surface area is 129 Å². The summed E-state index contributed by atoms with van der Waals surface area (Å²) in [5.74, 6) is -0.0851. The first kappa shape index (κ1) is 14.2. The van der Waals surface area contributed by atoms with Crippen LogP contribution in [0, 0.1) is 0 Å². The molecule has 6 heteroatoms. The zero-order chi connectivity index (χ0) is 13.8. The van der Waals surface area contributed by atoms with E-state index in [1.807, 2.05) is 23.6 Å². The van der Waals surface area contributed by atoms with Gasteiger partial charge in [0.1, 0.15) is 4.99 Å². The normalized spacial score (nSPS) is 10.2. The van der Waals surface area contributed by atoms with Gasteiger partial charge in [-0.25, -0.2) is 0 Å². The molecular weight excluding hydrogens is 344 g/mol.